The van der Waals surface area contributed by atoms with Crippen LogP contribution in [0, 0.1) is 0 Å². The van der Waals surface area contributed by atoms with E-state index in [1.54, 1.807) is 0 Å². The molecule has 46 heavy (non-hydrogen) atoms. The SMILES string of the molecule is c1ccc(-c2nc(-c3ccc(-c4cccc5ccccc45)cc3)nc(-c3ccc4c(ccc5c6ccncc6ccc45)c3)n2)cc1. The van der Waals surface area contributed by atoms with E-state index in [2.05, 4.69) is 120 Å². The van der Waals surface area contributed by atoms with Crippen molar-refractivity contribution in [2.75, 3.05) is 0 Å². The van der Waals surface area contributed by atoms with E-state index in [0.29, 0.717) is 17.5 Å². The van der Waals surface area contributed by atoms with Gasteiger partial charge >= 0.3 is 0 Å². The van der Waals surface area contributed by atoms with Crippen molar-refractivity contribution in [2.24, 2.45) is 0 Å². The van der Waals surface area contributed by atoms with Gasteiger partial charge in [0, 0.05) is 34.5 Å². The van der Waals surface area contributed by atoms with Gasteiger partial charge in [-0.3, -0.25) is 4.98 Å². The Balaban J connectivity index is 1.16. The molecule has 9 aromatic rings. The molecule has 0 fully saturated rings. The van der Waals surface area contributed by atoms with Crippen LogP contribution in [-0.4, -0.2) is 19.9 Å². The van der Waals surface area contributed by atoms with Crippen LogP contribution in [0.15, 0.2) is 158 Å². The standard InChI is InChI=1S/C42H26N4/c1-2-8-29(9-3-1)40-44-41(30-15-13-28(14-16-30)35-12-6-10-27-7-4-5-11-34(27)35)46-42(45-40)32-18-20-36-31(25-32)17-21-39-37-23-24-43-26-33(37)19-22-38(36)39/h1-26H. The lowest BCUT2D eigenvalue weighted by Gasteiger charge is -2.11. The van der Waals surface area contributed by atoms with Gasteiger partial charge in [-0.05, 0) is 61.0 Å². The maximum atomic E-state index is 5.03. The summed E-state index contributed by atoms with van der Waals surface area (Å²) >= 11 is 0. The summed E-state index contributed by atoms with van der Waals surface area (Å²) in [5.74, 6) is 1.94. The quantitative estimate of drug-likeness (QED) is 0.193. The van der Waals surface area contributed by atoms with Crippen molar-refractivity contribution in [3.05, 3.63) is 158 Å². The highest BCUT2D eigenvalue weighted by Crippen LogP contribution is 2.34. The molecular formula is C42H26N4. The van der Waals surface area contributed by atoms with Crippen LogP contribution in [0.2, 0.25) is 0 Å². The first kappa shape index (κ1) is 26.2. The molecule has 0 aliphatic heterocycles. The molecule has 2 aromatic heterocycles. The summed E-state index contributed by atoms with van der Waals surface area (Å²) in [6, 6.07) is 50.9. The van der Waals surface area contributed by atoms with Gasteiger partial charge in [0.2, 0.25) is 0 Å². The van der Waals surface area contributed by atoms with E-state index in [9.17, 15) is 0 Å². The van der Waals surface area contributed by atoms with Crippen LogP contribution in [0.5, 0.6) is 0 Å². The Labute approximate surface area is 265 Å². The van der Waals surface area contributed by atoms with Crippen LogP contribution in [-0.2, 0) is 0 Å². The zero-order valence-corrected chi connectivity index (χ0v) is 24.8. The highest BCUT2D eigenvalue weighted by atomic mass is 15.0. The summed E-state index contributed by atoms with van der Waals surface area (Å²) < 4.78 is 0. The predicted molar refractivity (Wildman–Crippen MR) is 189 cm³/mol. The maximum Gasteiger partial charge on any atom is 0.164 e. The van der Waals surface area contributed by atoms with Gasteiger partial charge < -0.3 is 0 Å². The van der Waals surface area contributed by atoms with Gasteiger partial charge in [-0.25, -0.2) is 15.0 Å². The Morgan fingerprint density at radius 3 is 1.72 bits per heavy atom. The van der Waals surface area contributed by atoms with Gasteiger partial charge in [-0.1, -0.05) is 133 Å². The molecule has 0 radical (unpaired) electrons. The smallest absolute Gasteiger partial charge is 0.164 e. The van der Waals surface area contributed by atoms with Gasteiger partial charge in [-0.15, -0.1) is 0 Å². The Hall–Kier alpha value is -6.26. The Bertz CT molecular complexity index is 2570. The third-order valence-corrected chi connectivity index (χ3v) is 8.80. The van der Waals surface area contributed by atoms with E-state index in [-0.39, 0.29) is 0 Å². The normalized spacial score (nSPS) is 11.5. The lowest BCUT2D eigenvalue weighted by molar-refractivity contribution is 1.07. The lowest BCUT2D eigenvalue weighted by atomic mass is 9.96. The molecule has 0 spiro atoms. The van der Waals surface area contributed by atoms with E-state index in [4.69, 9.17) is 15.0 Å². The highest BCUT2D eigenvalue weighted by molar-refractivity contribution is 6.17. The van der Waals surface area contributed by atoms with E-state index in [1.165, 1.54) is 37.9 Å². The fourth-order valence-electron chi connectivity index (χ4n) is 6.49. The molecule has 0 aliphatic rings. The molecule has 0 unspecified atom stereocenters. The predicted octanol–water partition coefficient (Wildman–Crippen LogP) is 10.5. The first-order valence-electron chi connectivity index (χ1n) is 15.4. The summed E-state index contributed by atoms with van der Waals surface area (Å²) in [5, 5.41) is 9.59. The summed E-state index contributed by atoms with van der Waals surface area (Å²) in [7, 11) is 0. The second kappa shape index (κ2) is 10.7. The number of benzene rings is 7. The molecule has 0 atom stereocenters. The zero-order valence-electron chi connectivity index (χ0n) is 24.8. The van der Waals surface area contributed by atoms with Crippen molar-refractivity contribution in [1.82, 2.24) is 19.9 Å². The molecule has 2 heterocycles. The number of fused-ring (bicyclic) bond motifs is 6. The van der Waals surface area contributed by atoms with E-state index in [0.717, 1.165) is 33.0 Å². The fraction of sp³-hybridized carbons (Fsp3) is 0. The van der Waals surface area contributed by atoms with Crippen LogP contribution in [0.4, 0.5) is 0 Å². The van der Waals surface area contributed by atoms with Gasteiger partial charge in [0.25, 0.3) is 0 Å². The third kappa shape index (κ3) is 4.47. The van der Waals surface area contributed by atoms with Crippen molar-refractivity contribution in [3.63, 3.8) is 0 Å². The highest BCUT2D eigenvalue weighted by Gasteiger charge is 2.14. The first-order chi connectivity index (χ1) is 22.8. The molecule has 7 aromatic carbocycles. The minimum Gasteiger partial charge on any atom is -0.264 e. The minimum atomic E-state index is 0.645. The topological polar surface area (TPSA) is 51.6 Å². The Kier molecular flexibility index (Phi) is 6.10. The molecule has 0 saturated carbocycles. The first-order valence-corrected chi connectivity index (χ1v) is 15.4. The van der Waals surface area contributed by atoms with Gasteiger partial charge in [0.05, 0.1) is 0 Å². The Morgan fingerprint density at radius 2 is 0.913 bits per heavy atom. The van der Waals surface area contributed by atoms with Crippen LogP contribution < -0.4 is 0 Å². The van der Waals surface area contributed by atoms with Gasteiger partial charge in [0.1, 0.15) is 0 Å². The summed E-state index contributed by atoms with van der Waals surface area (Å²) in [6.07, 6.45) is 3.77. The van der Waals surface area contributed by atoms with Crippen molar-refractivity contribution in [1.29, 1.82) is 0 Å². The van der Waals surface area contributed by atoms with Crippen LogP contribution >= 0.6 is 0 Å². The summed E-state index contributed by atoms with van der Waals surface area (Å²) in [5.41, 5.74) is 5.21. The number of pyridine rings is 1. The molecule has 0 bridgehead atoms. The average molecular weight is 587 g/mol. The van der Waals surface area contributed by atoms with E-state index < -0.39 is 0 Å². The zero-order chi connectivity index (χ0) is 30.5. The molecule has 0 saturated heterocycles. The summed E-state index contributed by atoms with van der Waals surface area (Å²) in [4.78, 5) is 19.3. The second-order valence-electron chi connectivity index (χ2n) is 11.5. The van der Waals surface area contributed by atoms with E-state index >= 15 is 0 Å². The molecule has 4 nitrogen and oxygen atoms in total. The molecule has 214 valence electrons. The number of aromatic nitrogens is 4. The average Bonchev–Trinajstić information content (AvgIpc) is 3.14. The second-order valence-corrected chi connectivity index (χ2v) is 11.5. The molecule has 0 aliphatic carbocycles. The van der Waals surface area contributed by atoms with Gasteiger partial charge in [-0.2, -0.15) is 0 Å². The Morgan fingerprint density at radius 1 is 0.326 bits per heavy atom. The monoisotopic (exact) mass is 586 g/mol. The molecule has 0 N–H and O–H groups in total. The fourth-order valence-corrected chi connectivity index (χ4v) is 6.49. The van der Waals surface area contributed by atoms with Crippen LogP contribution in [0.25, 0.3) is 88.4 Å². The summed E-state index contributed by atoms with van der Waals surface area (Å²) in [6.45, 7) is 0. The minimum absolute atomic E-state index is 0.645. The molecule has 0 amide bonds. The third-order valence-electron chi connectivity index (χ3n) is 8.80. The number of hydrogen-bond acceptors (Lipinski definition) is 4. The van der Waals surface area contributed by atoms with Crippen LogP contribution in [0.3, 0.4) is 0 Å². The van der Waals surface area contributed by atoms with Crippen molar-refractivity contribution in [3.8, 4) is 45.3 Å². The largest absolute Gasteiger partial charge is 0.264 e. The van der Waals surface area contributed by atoms with Crippen molar-refractivity contribution < 1.29 is 0 Å². The maximum absolute atomic E-state index is 5.03. The number of rotatable bonds is 4. The van der Waals surface area contributed by atoms with Crippen LogP contribution in [0.1, 0.15) is 0 Å². The van der Waals surface area contributed by atoms with Gasteiger partial charge in [0.15, 0.2) is 17.5 Å². The molecule has 9 rings (SSSR count). The van der Waals surface area contributed by atoms with Crippen molar-refractivity contribution in [2.45, 2.75) is 0 Å². The number of hydrogen-bond donors (Lipinski definition) is 0. The van der Waals surface area contributed by atoms with Crippen molar-refractivity contribution >= 4 is 43.1 Å². The van der Waals surface area contributed by atoms with E-state index in [1.807, 2.05) is 42.7 Å². The molecule has 4 heteroatoms. The number of nitrogens with zero attached hydrogens (tertiary/aromatic N) is 4. The molecular weight excluding hydrogens is 560 g/mol. The lowest BCUT2D eigenvalue weighted by Crippen LogP contribution is -2.00.